The summed E-state index contributed by atoms with van der Waals surface area (Å²) in [6.07, 6.45) is 9.79. The number of nitrogens with one attached hydrogen (secondary N) is 1. The first-order chi connectivity index (χ1) is 24.6. The molecule has 2 fully saturated rings. The molecule has 3 unspecified atom stereocenters. The zero-order valence-electron chi connectivity index (χ0n) is 30.7. The third kappa shape index (κ3) is 17.1. The summed E-state index contributed by atoms with van der Waals surface area (Å²) in [6, 6.07) is 8.44. The Kier molecular flexibility index (Phi) is 21.5. The van der Waals surface area contributed by atoms with Crippen molar-refractivity contribution in [2.45, 2.75) is 164 Å². The number of esters is 1. The number of fused-ring (bicyclic) bond motifs is 1. The van der Waals surface area contributed by atoms with E-state index in [0.717, 1.165) is 50.5 Å². The number of alkyl halides is 3. The van der Waals surface area contributed by atoms with Gasteiger partial charge >= 0.3 is 12.1 Å². The summed E-state index contributed by atoms with van der Waals surface area (Å²) < 4.78 is 40.8. The monoisotopic (exact) mass is 779 g/mol. The van der Waals surface area contributed by atoms with Crippen molar-refractivity contribution in [2.75, 3.05) is 26.4 Å². The molecule has 1 N–H and O–H groups in total. The fourth-order valence-corrected chi connectivity index (χ4v) is 6.33. The Morgan fingerprint density at radius 2 is 1.51 bits per heavy atom. The molecule has 13 heteroatoms. The van der Waals surface area contributed by atoms with Crippen LogP contribution >= 0.6 is 34.8 Å². The van der Waals surface area contributed by atoms with E-state index in [1.807, 2.05) is 37.3 Å². The quantitative estimate of drug-likeness (QED) is 0.0623. The van der Waals surface area contributed by atoms with E-state index in [-0.39, 0.29) is 19.1 Å². The third-order valence-electron chi connectivity index (χ3n) is 8.99. The highest BCUT2D eigenvalue weighted by Crippen LogP contribution is 2.36. The fourth-order valence-electron chi connectivity index (χ4n) is 6.16. The number of carbonyl (C=O) groups is 2. The lowest BCUT2D eigenvalue weighted by Gasteiger charge is -2.48. The second kappa shape index (κ2) is 24.8. The molecule has 0 bridgehead atoms. The van der Waals surface area contributed by atoms with Crippen molar-refractivity contribution in [3.63, 3.8) is 0 Å². The first-order valence-electron chi connectivity index (χ1n) is 19.0. The van der Waals surface area contributed by atoms with E-state index in [0.29, 0.717) is 13.2 Å². The molecule has 0 aromatic heterocycles. The van der Waals surface area contributed by atoms with Gasteiger partial charge in [0.2, 0.25) is 3.79 Å². The van der Waals surface area contributed by atoms with Crippen LogP contribution in [0.4, 0.5) is 4.79 Å². The highest BCUT2D eigenvalue weighted by Gasteiger charge is 2.53. The molecule has 2 aliphatic heterocycles. The Morgan fingerprint density at radius 3 is 2.18 bits per heavy atom. The molecule has 0 spiro atoms. The maximum Gasteiger partial charge on any atom is 0.407 e. The summed E-state index contributed by atoms with van der Waals surface area (Å²) in [5, 5.41) is 2.76. The van der Waals surface area contributed by atoms with E-state index in [1.165, 1.54) is 44.9 Å². The SMILES string of the molecule is CCCCCCCCCCC[C@H](CC(=O)O[C@@H]1C(NC(=O)OCC(Cl)(Cl)Cl)[C@@H](OCCCC)OC2COC(c3ccccc3)O[C@H]21)OCCCC. The maximum absolute atomic E-state index is 13.8. The molecule has 7 atom stereocenters. The molecule has 3 rings (SSSR count). The maximum atomic E-state index is 13.8. The second-order valence-electron chi connectivity index (χ2n) is 13.4. The van der Waals surface area contributed by atoms with Gasteiger partial charge in [-0.1, -0.05) is 157 Å². The first-order valence-corrected chi connectivity index (χ1v) is 20.2. The van der Waals surface area contributed by atoms with Crippen LogP contribution < -0.4 is 5.32 Å². The highest BCUT2D eigenvalue weighted by molar-refractivity contribution is 6.67. The fraction of sp³-hybridized carbons (Fsp3) is 0.789. The largest absolute Gasteiger partial charge is 0.457 e. The second-order valence-corrected chi connectivity index (χ2v) is 15.9. The van der Waals surface area contributed by atoms with Crippen molar-refractivity contribution in [3.8, 4) is 0 Å². The molecule has 1 aromatic rings. The Balaban J connectivity index is 1.76. The number of carbonyl (C=O) groups excluding carboxylic acids is 2. The molecule has 1 amide bonds. The van der Waals surface area contributed by atoms with Crippen LogP contribution in [0.25, 0.3) is 0 Å². The van der Waals surface area contributed by atoms with Crippen LogP contribution in [0.15, 0.2) is 30.3 Å². The molecule has 51 heavy (non-hydrogen) atoms. The number of ether oxygens (including phenoxy) is 7. The molecule has 2 saturated heterocycles. The van der Waals surface area contributed by atoms with Gasteiger partial charge in [0.05, 0.1) is 19.1 Å². The lowest BCUT2D eigenvalue weighted by molar-refractivity contribution is -0.345. The minimum absolute atomic E-state index is 0.0554. The van der Waals surface area contributed by atoms with Gasteiger partial charge in [-0.05, 0) is 19.3 Å². The average Bonchev–Trinajstić information content (AvgIpc) is 3.11. The Hall–Kier alpha value is -1.37. The van der Waals surface area contributed by atoms with Crippen molar-refractivity contribution in [1.29, 1.82) is 0 Å². The Labute approximate surface area is 320 Å². The normalized spacial score (nSPS) is 24.0. The van der Waals surface area contributed by atoms with E-state index in [9.17, 15) is 9.59 Å². The van der Waals surface area contributed by atoms with Gasteiger partial charge in [0.15, 0.2) is 18.7 Å². The van der Waals surface area contributed by atoms with Crippen molar-refractivity contribution in [2.24, 2.45) is 0 Å². The zero-order chi connectivity index (χ0) is 36.9. The third-order valence-corrected chi connectivity index (χ3v) is 9.31. The van der Waals surface area contributed by atoms with E-state index >= 15 is 0 Å². The van der Waals surface area contributed by atoms with E-state index in [2.05, 4.69) is 19.2 Å². The van der Waals surface area contributed by atoms with Gasteiger partial charge in [-0.25, -0.2) is 4.79 Å². The van der Waals surface area contributed by atoms with Gasteiger partial charge < -0.3 is 38.5 Å². The van der Waals surface area contributed by atoms with E-state index in [1.54, 1.807) is 0 Å². The first kappa shape index (κ1) is 44.0. The summed E-state index contributed by atoms with van der Waals surface area (Å²) >= 11 is 17.5. The highest BCUT2D eigenvalue weighted by atomic mass is 35.6. The average molecular weight is 781 g/mol. The molecule has 2 aliphatic rings. The number of hydrogen-bond donors (Lipinski definition) is 1. The molecule has 1 aromatic carbocycles. The van der Waals surface area contributed by atoms with Crippen molar-refractivity contribution >= 4 is 46.9 Å². The molecule has 2 heterocycles. The number of unbranched alkanes of at least 4 members (excludes halogenated alkanes) is 10. The number of benzene rings is 1. The Morgan fingerprint density at radius 1 is 0.863 bits per heavy atom. The van der Waals surface area contributed by atoms with Gasteiger partial charge in [0, 0.05) is 18.8 Å². The minimum Gasteiger partial charge on any atom is -0.457 e. The molecule has 292 valence electrons. The smallest absolute Gasteiger partial charge is 0.407 e. The van der Waals surface area contributed by atoms with Gasteiger partial charge in [-0.3, -0.25) is 4.79 Å². The lowest BCUT2D eigenvalue weighted by atomic mass is 9.95. The molecular weight excluding hydrogens is 721 g/mol. The van der Waals surface area contributed by atoms with Gasteiger partial charge in [0.25, 0.3) is 0 Å². The summed E-state index contributed by atoms with van der Waals surface area (Å²) in [7, 11) is 0. The van der Waals surface area contributed by atoms with E-state index in [4.69, 9.17) is 68.0 Å². The standard InChI is InChI=1S/C38H60Cl3NO9/c1-4-7-10-11-12-13-14-15-19-22-29(45-23-8-5-2)25-31(43)50-34-32(42-37(44)48-27-38(39,40)41)36(46-24-9-6-3)49-30-26-47-35(51-33(30)34)28-20-17-16-18-21-28/h16-18,20-21,29-30,32-36H,4-15,19,22-27H2,1-3H3,(H,42,44)/t29-,30?,32?,33-,34-,35?,36+/m1/s1. The predicted molar refractivity (Wildman–Crippen MR) is 199 cm³/mol. The minimum atomic E-state index is -1.82. The van der Waals surface area contributed by atoms with Crippen molar-refractivity contribution < 1.29 is 42.7 Å². The van der Waals surface area contributed by atoms with E-state index < -0.39 is 59.4 Å². The topological polar surface area (TPSA) is 111 Å². The lowest BCUT2D eigenvalue weighted by Crippen LogP contribution is -2.68. The van der Waals surface area contributed by atoms with Crippen LogP contribution in [0.1, 0.15) is 129 Å². The molecule has 10 nitrogen and oxygen atoms in total. The van der Waals surface area contributed by atoms with Gasteiger partial charge in [0.1, 0.15) is 24.9 Å². The van der Waals surface area contributed by atoms with Crippen molar-refractivity contribution in [3.05, 3.63) is 35.9 Å². The number of alkyl carbamates (subject to hydrolysis) is 1. The zero-order valence-corrected chi connectivity index (χ0v) is 32.9. The number of halogens is 3. The molecule has 0 radical (unpaired) electrons. The molecule has 0 aliphatic carbocycles. The van der Waals surface area contributed by atoms with Crippen molar-refractivity contribution in [1.82, 2.24) is 5.32 Å². The van der Waals surface area contributed by atoms with Gasteiger partial charge in [-0.2, -0.15) is 0 Å². The number of rotatable bonds is 24. The number of amides is 1. The molecular formula is C38H60Cl3NO9. The predicted octanol–water partition coefficient (Wildman–Crippen LogP) is 9.52. The van der Waals surface area contributed by atoms with Gasteiger partial charge in [-0.15, -0.1) is 0 Å². The Bertz CT molecular complexity index is 1100. The number of hydrogen-bond acceptors (Lipinski definition) is 9. The van der Waals surface area contributed by atoms with Crippen LogP contribution in [0, 0.1) is 0 Å². The van der Waals surface area contributed by atoms with Crippen LogP contribution in [0.5, 0.6) is 0 Å². The van der Waals surface area contributed by atoms with Crippen LogP contribution in [0.3, 0.4) is 0 Å². The summed E-state index contributed by atoms with van der Waals surface area (Å²) in [4.78, 5) is 26.9. The molecule has 0 saturated carbocycles. The van der Waals surface area contributed by atoms with Crippen LogP contribution in [-0.2, 0) is 38.0 Å². The summed E-state index contributed by atoms with van der Waals surface area (Å²) in [5.74, 6) is -0.474. The summed E-state index contributed by atoms with van der Waals surface area (Å²) in [6.45, 7) is 6.95. The van der Waals surface area contributed by atoms with Crippen LogP contribution in [0.2, 0.25) is 0 Å². The van der Waals surface area contributed by atoms with Crippen LogP contribution in [-0.4, -0.2) is 79.0 Å². The summed E-state index contributed by atoms with van der Waals surface area (Å²) in [5.41, 5.74) is 0.791.